The minimum atomic E-state index is 0.240. The van der Waals surface area contributed by atoms with Crippen molar-refractivity contribution in [1.29, 1.82) is 0 Å². The quantitative estimate of drug-likeness (QED) is 0.864. The van der Waals surface area contributed by atoms with Crippen LogP contribution < -0.4 is 5.32 Å². The zero-order valence-electron chi connectivity index (χ0n) is 11.9. The molecule has 102 valence electrons. The first-order valence-corrected chi connectivity index (χ1v) is 7.54. The van der Waals surface area contributed by atoms with E-state index in [1.807, 2.05) is 12.1 Å². The highest BCUT2D eigenvalue weighted by Gasteiger charge is 2.42. The van der Waals surface area contributed by atoms with E-state index in [0.717, 1.165) is 18.0 Å². The molecule has 2 heteroatoms. The Morgan fingerprint density at radius 2 is 1.89 bits per heavy atom. The van der Waals surface area contributed by atoms with Crippen LogP contribution in [0, 0.1) is 17.8 Å². The normalized spacial score (nSPS) is 28.9. The highest BCUT2D eigenvalue weighted by atomic mass is 16.1. The van der Waals surface area contributed by atoms with Gasteiger partial charge in [0.15, 0.2) is 0 Å². The van der Waals surface area contributed by atoms with Crippen LogP contribution in [0.15, 0.2) is 24.3 Å². The van der Waals surface area contributed by atoms with E-state index in [9.17, 15) is 4.79 Å². The molecule has 0 unspecified atom stereocenters. The van der Waals surface area contributed by atoms with E-state index < -0.39 is 0 Å². The lowest BCUT2D eigenvalue weighted by molar-refractivity contribution is -0.121. The molecule has 1 aromatic carbocycles. The first kappa shape index (κ1) is 12.7. The minimum absolute atomic E-state index is 0.240. The number of amides is 1. The Balaban J connectivity index is 1.63. The largest absolute Gasteiger partial charge is 0.326 e. The molecule has 0 aliphatic heterocycles. The van der Waals surface area contributed by atoms with Crippen LogP contribution in [0.1, 0.15) is 51.0 Å². The van der Waals surface area contributed by atoms with Crippen LogP contribution in [0.2, 0.25) is 0 Å². The van der Waals surface area contributed by atoms with Gasteiger partial charge in [-0.3, -0.25) is 4.79 Å². The highest BCUT2D eigenvalue weighted by molar-refractivity contribution is 5.93. The Labute approximate surface area is 115 Å². The number of anilines is 1. The Hall–Kier alpha value is -1.31. The summed E-state index contributed by atoms with van der Waals surface area (Å²) in [6, 6.07) is 8.28. The van der Waals surface area contributed by atoms with Crippen molar-refractivity contribution >= 4 is 11.6 Å². The van der Waals surface area contributed by atoms with E-state index in [4.69, 9.17) is 0 Å². The summed E-state index contributed by atoms with van der Waals surface area (Å²) < 4.78 is 0. The van der Waals surface area contributed by atoms with Crippen LogP contribution in [0.25, 0.3) is 0 Å². The van der Waals surface area contributed by atoms with Gasteiger partial charge in [-0.2, -0.15) is 0 Å². The molecule has 2 fully saturated rings. The first-order valence-electron chi connectivity index (χ1n) is 7.54. The van der Waals surface area contributed by atoms with Gasteiger partial charge in [-0.05, 0) is 54.7 Å². The molecular weight excluding hydrogens is 234 g/mol. The van der Waals surface area contributed by atoms with Gasteiger partial charge in [-0.25, -0.2) is 0 Å². The van der Waals surface area contributed by atoms with Gasteiger partial charge in [0, 0.05) is 11.6 Å². The number of rotatable bonds is 3. The molecule has 0 heterocycles. The Morgan fingerprint density at radius 3 is 2.42 bits per heavy atom. The van der Waals surface area contributed by atoms with Gasteiger partial charge >= 0.3 is 0 Å². The number of carbonyl (C=O) groups excluding carboxylic acids is 1. The van der Waals surface area contributed by atoms with Gasteiger partial charge in [0.25, 0.3) is 0 Å². The molecule has 2 bridgehead atoms. The van der Waals surface area contributed by atoms with Crippen molar-refractivity contribution in [3.63, 3.8) is 0 Å². The van der Waals surface area contributed by atoms with Crippen molar-refractivity contribution in [1.82, 2.24) is 0 Å². The summed E-state index contributed by atoms with van der Waals surface area (Å²) in [4.78, 5) is 12.3. The second-order valence-electron chi connectivity index (χ2n) is 6.55. The summed E-state index contributed by atoms with van der Waals surface area (Å²) in [6.07, 6.45) is 5.00. The molecule has 0 spiro atoms. The van der Waals surface area contributed by atoms with Crippen LogP contribution in [-0.4, -0.2) is 5.91 Å². The standard InChI is InChI=1S/C17H23NO/c1-11(2)13-5-7-15(8-6-13)18-17(19)16-10-12-3-4-14(16)9-12/h5-8,11-12,14,16H,3-4,9-10H2,1-2H3,(H,18,19)/t12-,14-,16-/m1/s1. The summed E-state index contributed by atoms with van der Waals surface area (Å²) in [6.45, 7) is 4.37. The fraction of sp³-hybridized carbons (Fsp3) is 0.588. The summed E-state index contributed by atoms with van der Waals surface area (Å²) in [5.41, 5.74) is 2.26. The molecular formula is C17H23NO. The first-order chi connectivity index (χ1) is 9.13. The number of benzene rings is 1. The Bertz CT molecular complexity index is 463. The molecule has 3 atom stereocenters. The summed E-state index contributed by atoms with van der Waals surface area (Å²) in [5, 5.41) is 3.10. The fourth-order valence-corrected chi connectivity index (χ4v) is 3.75. The number of nitrogens with one attached hydrogen (secondary N) is 1. The van der Waals surface area contributed by atoms with E-state index in [0.29, 0.717) is 11.8 Å². The fourth-order valence-electron chi connectivity index (χ4n) is 3.75. The average molecular weight is 257 g/mol. The zero-order chi connectivity index (χ0) is 13.4. The molecule has 2 aliphatic carbocycles. The SMILES string of the molecule is CC(C)c1ccc(NC(=O)[C@@H]2C[C@@H]3CC[C@@H]2C3)cc1. The monoisotopic (exact) mass is 257 g/mol. The third-order valence-electron chi connectivity index (χ3n) is 4.92. The lowest BCUT2D eigenvalue weighted by Crippen LogP contribution is -2.27. The second-order valence-corrected chi connectivity index (χ2v) is 6.55. The molecule has 1 amide bonds. The summed E-state index contributed by atoms with van der Waals surface area (Å²) in [5.74, 6) is 2.52. The maximum atomic E-state index is 12.3. The maximum absolute atomic E-state index is 12.3. The van der Waals surface area contributed by atoms with Crippen molar-refractivity contribution in [2.24, 2.45) is 17.8 Å². The molecule has 0 aromatic heterocycles. The van der Waals surface area contributed by atoms with E-state index >= 15 is 0 Å². The van der Waals surface area contributed by atoms with E-state index in [1.54, 1.807) is 0 Å². The number of fused-ring (bicyclic) bond motifs is 2. The number of hydrogen-bond donors (Lipinski definition) is 1. The third-order valence-corrected chi connectivity index (χ3v) is 4.92. The van der Waals surface area contributed by atoms with Crippen LogP contribution in [0.5, 0.6) is 0 Å². The average Bonchev–Trinajstić information content (AvgIpc) is 3.01. The molecule has 2 nitrogen and oxygen atoms in total. The van der Waals surface area contributed by atoms with Crippen LogP contribution >= 0.6 is 0 Å². The zero-order valence-corrected chi connectivity index (χ0v) is 11.9. The van der Waals surface area contributed by atoms with Crippen molar-refractivity contribution in [2.45, 2.75) is 45.4 Å². The summed E-state index contributed by atoms with van der Waals surface area (Å²) in [7, 11) is 0. The lowest BCUT2D eigenvalue weighted by atomic mass is 9.88. The lowest BCUT2D eigenvalue weighted by Gasteiger charge is -2.20. The predicted octanol–water partition coefficient (Wildman–Crippen LogP) is 4.18. The molecule has 2 saturated carbocycles. The van der Waals surface area contributed by atoms with Gasteiger partial charge in [0.1, 0.15) is 0 Å². The van der Waals surface area contributed by atoms with Crippen molar-refractivity contribution in [3.8, 4) is 0 Å². The van der Waals surface area contributed by atoms with E-state index in [-0.39, 0.29) is 11.8 Å². The van der Waals surface area contributed by atoms with Crippen LogP contribution in [-0.2, 0) is 4.79 Å². The van der Waals surface area contributed by atoms with Crippen LogP contribution in [0.3, 0.4) is 0 Å². The number of carbonyl (C=O) groups is 1. The molecule has 1 aromatic rings. The molecule has 19 heavy (non-hydrogen) atoms. The van der Waals surface area contributed by atoms with E-state index in [2.05, 4.69) is 31.3 Å². The predicted molar refractivity (Wildman–Crippen MR) is 78.1 cm³/mol. The smallest absolute Gasteiger partial charge is 0.227 e. The molecule has 0 radical (unpaired) electrons. The molecule has 2 aliphatic rings. The second kappa shape index (κ2) is 4.99. The van der Waals surface area contributed by atoms with E-state index in [1.165, 1.54) is 24.8 Å². The van der Waals surface area contributed by atoms with Gasteiger partial charge < -0.3 is 5.32 Å². The van der Waals surface area contributed by atoms with Gasteiger partial charge in [-0.1, -0.05) is 32.4 Å². The molecule has 0 saturated heterocycles. The Kier molecular flexibility index (Phi) is 3.34. The van der Waals surface area contributed by atoms with Crippen LogP contribution in [0.4, 0.5) is 5.69 Å². The van der Waals surface area contributed by atoms with Crippen molar-refractivity contribution < 1.29 is 4.79 Å². The van der Waals surface area contributed by atoms with Gasteiger partial charge in [-0.15, -0.1) is 0 Å². The number of hydrogen-bond acceptors (Lipinski definition) is 1. The minimum Gasteiger partial charge on any atom is -0.326 e. The third kappa shape index (κ3) is 2.54. The maximum Gasteiger partial charge on any atom is 0.227 e. The molecule has 3 rings (SSSR count). The van der Waals surface area contributed by atoms with Crippen molar-refractivity contribution in [2.75, 3.05) is 5.32 Å². The highest BCUT2D eigenvalue weighted by Crippen LogP contribution is 2.48. The topological polar surface area (TPSA) is 29.1 Å². The Morgan fingerprint density at radius 1 is 1.16 bits per heavy atom. The van der Waals surface area contributed by atoms with Crippen molar-refractivity contribution in [3.05, 3.63) is 29.8 Å². The molecule has 1 N–H and O–H groups in total. The van der Waals surface area contributed by atoms with Gasteiger partial charge in [0.2, 0.25) is 5.91 Å². The van der Waals surface area contributed by atoms with Gasteiger partial charge in [0.05, 0.1) is 0 Å². The summed E-state index contributed by atoms with van der Waals surface area (Å²) >= 11 is 0.